The lowest BCUT2D eigenvalue weighted by atomic mass is 9.87. The van der Waals surface area contributed by atoms with E-state index in [1.807, 2.05) is 12.1 Å². The van der Waals surface area contributed by atoms with Crippen molar-refractivity contribution in [3.8, 4) is 11.5 Å². The van der Waals surface area contributed by atoms with Gasteiger partial charge in [-0.05, 0) is 32.6 Å². The van der Waals surface area contributed by atoms with Gasteiger partial charge in [0.2, 0.25) is 0 Å². The first-order valence-electron chi connectivity index (χ1n) is 10.8. The highest BCUT2D eigenvalue weighted by Crippen LogP contribution is 2.43. The molecule has 168 valence electrons. The molecule has 0 aromatic heterocycles. The van der Waals surface area contributed by atoms with Crippen LogP contribution in [-0.4, -0.2) is 52.7 Å². The number of fused-ring (bicyclic) bond motifs is 2. The van der Waals surface area contributed by atoms with E-state index in [0.29, 0.717) is 38.6 Å². The summed E-state index contributed by atoms with van der Waals surface area (Å²) in [6.07, 6.45) is 4.38. The van der Waals surface area contributed by atoms with Crippen molar-refractivity contribution in [1.29, 1.82) is 0 Å². The number of rotatable bonds is 12. The van der Waals surface area contributed by atoms with E-state index in [-0.39, 0.29) is 6.61 Å². The van der Waals surface area contributed by atoms with E-state index in [4.69, 9.17) is 23.7 Å². The van der Waals surface area contributed by atoms with E-state index >= 15 is 0 Å². The fourth-order valence-electron chi connectivity index (χ4n) is 3.85. The van der Waals surface area contributed by atoms with Crippen molar-refractivity contribution in [3.63, 3.8) is 0 Å². The molecular formula is C25H32O6. The summed E-state index contributed by atoms with van der Waals surface area (Å²) in [5, 5.41) is 2.19. The van der Waals surface area contributed by atoms with E-state index < -0.39 is 5.97 Å². The van der Waals surface area contributed by atoms with Gasteiger partial charge in [-0.25, -0.2) is 4.79 Å². The average molecular weight is 429 g/mol. The van der Waals surface area contributed by atoms with Crippen LogP contribution in [0.5, 0.6) is 11.5 Å². The van der Waals surface area contributed by atoms with Crippen LogP contribution >= 0.6 is 0 Å². The molecule has 0 spiro atoms. The molecule has 0 atom stereocenters. The third kappa shape index (κ3) is 5.99. The molecule has 0 saturated carbocycles. The van der Waals surface area contributed by atoms with Crippen molar-refractivity contribution < 1.29 is 28.5 Å². The van der Waals surface area contributed by atoms with Gasteiger partial charge in [-0.2, -0.15) is 0 Å². The van der Waals surface area contributed by atoms with Crippen molar-refractivity contribution in [1.82, 2.24) is 0 Å². The zero-order chi connectivity index (χ0) is 22.1. The Kier molecular flexibility index (Phi) is 8.74. The number of hydrogen-bond acceptors (Lipinski definition) is 6. The molecule has 0 heterocycles. The van der Waals surface area contributed by atoms with Gasteiger partial charge in [-0.3, -0.25) is 0 Å². The van der Waals surface area contributed by atoms with Gasteiger partial charge in [0, 0.05) is 27.5 Å². The molecule has 31 heavy (non-hydrogen) atoms. The summed E-state index contributed by atoms with van der Waals surface area (Å²) in [6, 6.07) is 8.26. The molecule has 2 aromatic rings. The summed E-state index contributed by atoms with van der Waals surface area (Å²) in [5.74, 6) is 1.55. The Labute approximate surface area is 184 Å². The van der Waals surface area contributed by atoms with Crippen LogP contribution < -0.4 is 9.47 Å². The lowest BCUT2D eigenvalue weighted by Crippen LogP contribution is -2.15. The lowest BCUT2D eigenvalue weighted by Gasteiger charge is -2.24. The van der Waals surface area contributed by atoms with Gasteiger partial charge in [0.05, 0.1) is 33.5 Å². The maximum Gasteiger partial charge on any atom is 0.333 e. The molecule has 2 aromatic carbocycles. The average Bonchev–Trinajstić information content (AvgIpc) is 2.79. The number of methoxy groups -OCH3 is 1. The largest absolute Gasteiger partial charge is 0.496 e. The van der Waals surface area contributed by atoms with Gasteiger partial charge in [-0.1, -0.05) is 30.8 Å². The minimum Gasteiger partial charge on any atom is -0.496 e. The van der Waals surface area contributed by atoms with Gasteiger partial charge in [0.1, 0.15) is 24.7 Å². The summed E-state index contributed by atoms with van der Waals surface area (Å²) in [7, 11) is 1.75. The smallest absolute Gasteiger partial charge is 0.333 e. The molecule has 0 aliphatic heterocycles. The van der Waals surface area contributed by atoms with Crippen LogP contribution in [0.2, 0.25) is 0 Å². The number of benzene rings is 2. The second-order valence-electron chi connectivity index (χ2n) is 7.56. The third-order valence-corrected chi connectivity index (χ3v) is 5.29. The molecule has 0 radical (unpaired) electrons. The van der Waals surface area contributed by atoms with E-state index in [9.17, 15) is 4.79 Å². The fourth-order valence-corrected chi connectivity index (χ4v) is 3.85. The molecule has 0 fully saturated rings. The standard InChI is InChI=1S/C25H32O6/c1-18(2)25(26)31-17-15-29-13-12-28-14-16-30-24-21-10-6-4-8-19(21)23(27-3)20-9-5-7-11-22(20)24/h4,6,8,10H,1,5,7,9,11-17H2,2-3H3. The number of carbonyl (C=O) groups is 1. The Morgan fingerprint density at radius 1 is 0.871 bits per heavy atom. The Bertz CT molecular complexity index is 905. The molecule has 0 amide bonds. The molecular weight excluding hydrogens is 396 g/mol. The van der Waals surface area contributed by atoms with Crippen LogP contribution in [-0.2, 0) is 31.8 Å². The first-order chi connectivity index (χ1) is 15.1. The third-order valence-electron chi connectivity index (χ3n) is 5.29. The predicted molar refractivity (Wildman–Crippen MR) is 120 cm³/mol. The van der Waals surface area contributed by atoms with Crippen molar-refractivity contribution in [2.75, 3.05) is 46.8 Å². The van der Waals surface area contributed by atoms with E-state index in [0.717, 1.165) is 35.1 Å². The van der Waals surface area contributed by atoms with E-state index in [1.165, 1.54) is 24.0 Å². The summed E-state index contributed by atoms with van der Waals surface area (Å²) in [4.78, 5) is 11.3. The molecule has 0 bridgehead atoms. The molecule has 3 rings (SSSR count). The van der Waals surface area contributed by atoms with Crippen LogP contribution in [0.15, 0.2) is 36.4 Å². The maximum atomic E-state index is 11.3. The number of carbonyl (C=O) groups excluding carboxylic acids is 1. The van der Waals surface area contributed by atoms with Crippen LogP contribution in [0.1, 0.15) is 30.9 Å². The van der Waals surface area contributed by atoms with Crippen molar-refractivity contribution >= 4 is 16.7 Å². The van der Waals surface area contributed by atoms with Crippen LogP contribution in [0.25, 0.3) is 10.8 Å². The van der Waals surface area contributed by atoms with Crippen molar-refractivity contribution in [2.45, 2.75) is 32.6 Å². The maximum absolute atomic E-state index is 11.3. The normalized spacial score (nSPS) is 13.0. The molecule has 6 heteroatoms. The number of esters is 1. The van der Waals surface area contributed by atoms with E-state index in [2.05, 4.69) is 18.7 Å². The quantitative estimate of drug-likeness (QED) is 0.286. The minimum absolute atomic E-state index is 0.213. The number of hydrogen-bond donors (Lipinski definition) is 0. The fraction of sp³-hybridized carbons (Fsp3) is 0.480. The van der Waals surface area contributed by atoms with Crippen LogP contribution in [0.3, 0.4) is 0 Å². The highest BCUT2D eigenvalue weighted by Gasteiger charge is 2.23. The van der Waals surface area contributed by atoms with Gasteiger partial charge >= 0.3 is 5.97 Å². The van der Waals surface area contributed by atoms with E-state index in [1.54, 1.807) is 14.0 Å². The van der Waals surface area contributed by atoms with Crippen molar-refractivity contribution in [3.05, 3.63) is 47.5 Å². The Morgan fingerprint density at radius 2 is 1.42 bits per heavy atom. The second-order valence-corrected chi connectivity index (χ2v) is 7.56. The SMILES string of the molecule is C=C(C)C(=O)OCCOCCOCCOc1c2c(c(OC)c3ccccc13)CCCC2. The predicted octanol–water partition coefficient (Wildman–Crippen LogP) is 4.26. The van der Waals surface area contributed by atoms with Gasteiger partial charge in [0.25, 0.3) is 0 Å². The highest BCUT2D eigenvalue weighted by atomic mass is 16.6. The van der Waals surface area contributed by atoms with Gasteiger partial charge in [0.15, 0.2) is 0 Å². The Balaban J connectivity index is 1.46. The minimum atomic E-state index is -0.398. The monoisotopic (exact) mass is 428 g/mol. The zero-order valence-corrected chi connectivity index (χ0v) is 18.5. The molecule has 0 saturated heterocycles. The molecule has 0 unspecified atom stereocenters. The lowest BCUT2D eigenvalue weighted by molar-refractivity contribution is -0.140. The van der Waals surface area contributed by atoms with Gasteiger partial charge in [-0.15, -0.1) is 0 Å². The highest BCUT2D eigenvalue weighted by molar-refractivity contribution is 5.96. The van der Waals surface area contributed by atoms with Crippen LogP contribution in [0, 0.1) is 0 Å². The summed E-state index contributed by atoms with van der Waals surface area (Å²) < 4.78 is 28.0. The van der Waals surface area contributed by atoms with Crippen LogP contribution in [0.4, 0.5) is 0 Å². The molecule has 1 aliphatic carbocycles. The van der Waals surface area contributed by atoms with Crippen molar-refractivity contribution in [2.24, 2.45) is 0 Å². The van der Waals surface area contributed by atoms with Gasteiger partial charge < -0.3 is 23.7 Å². The molecule has 0 N–H and O–H groups in total. The second kappa shape index (κ2) is 11.7. The number of ether oxygens (including phenoxy) is 5. The molecule has 6 nitrogen and oxygen atoms in total. The molecule has 1 aliphatic rings. The Morgan fingerprint density at radius 3 is 2.03 bits per heavy atom. The summed E-state index contributed by atoms with van der Waals surface area (Å²) in [5.41, 5.74) is 2.94. The zero-order valence-electron chi connectivity index (χ0n) is 18.5. The summed E-state index contributed by atoms with van der Waals surface area (Å²) in [6.45, 7) is 7.53. The first kappa shape index (κ1) is 23.1. The summed E-state index contributed by atoms with van der Waals surface area (Å²) >= 11 is 0. The first-order valence-corrected chi connectivity index (χ1v) is 10.8. The topological polar surface area (TPSA) is 63.2 Å². The Hall–Kier alpha value is -2.57.